The van der Waals surface area contributed by atoms with E-state index < -0.39 is 0 Å². The van der Waals surface area contributed by atoms with Gasteiger partial charge in [0.2, 0.25) is 0 Å². The lowest BCUT2D eigenvalue weighted by Gasteiger charge is -2.05. The lowest BCUT2D eigenvalue weighted by molar-refractivity contribution is 0.480. The SMILES string of the molecule is N#Cc1ccc(C=Cc2ccc3c(Cl)cc(Cl)c(O)c3n2)cc1. The zero-order valence-corrected chi connectivity index (χ0v) is 13.3. The molecule has 112 valence electrons. The number of nitriles is 1. The highest BCUT2D eigenvalue weighted by atomic mass is 35.5. The summed E-state index contributed by atoms with van der Waals surface area (Å²) >= 11 is 12.0. The average Bonchev–Trinajstić information content (AvgIpc) is 2.58. The minimum absolute atomic E-state index is 0.0836. The monoisotopic (exact) mass is 340 g/mol. The Hall–Kier alpha value is -2.54. The Balaban J connectivity index is 1.98. The lowest BCUT2D eigenvalue weighted by Crippen LogP contribution is -1.86. The van der Waals surface area contributed by atoms with Gasteiger partial charge in [0.25, 0.3) is 0 Å². The molecule has 0 radical (unpaired) electrons. The van der Waals surface area contributed by atoms with Crippen LogP contribution >= 0.6 is 23.2 Å². The van der Waals surface area contributed by atoms with E-state index in [0.29, 0.717) is 27.2 Å². The molecule has 0 aliphatic rings. The molecule has 1 N–H and O–H groups in total. The number of nitrogens with zero attached hydrogens (tertiary/aromatic N) is 2. The van der Waals surface area contributed by atoms with Gasteiger partial charge < -0.3 is 5.11 Å². The van der Waals surface area contributed by atoms with Gasteiger partial charge in [-0.05, 0) is 42.0 Å². The second-order valence-corrected chi connectivity index (χ2v) is 5.70. The molecule has 0 fully saturated rings. The zero-order chi connectivity index (χ0) is 16.4. The van der Waals surface area contributed by atoms with E-state index in [1.807, 2.05) is 30.4 Å². The van der Waals surface area contributed by atoms with Crippen LogP contribution in [-0.2, 0) is 0 Å². The Morgan fingerprint density at radius 2 is 1.74 bits per heavy atom. The van der Waals surface area contributed by atoms with E-state index >= 15 is 0 Å². The van der Waals surface area contributed by atoms with Crippen LogP contribution in [0, 0.1) is 11.3 Å². The van der Waals surface area contributed by atoms with Crippen molar-refractivity contribution in [3.05, 3.63) is 69.3 Å². The molecule has 5 heteroatoms. The first-order chi connectivity index (χ1) is 11.1. The van der Waals surface area contributed by atoms with Crippen LogP contribution in [0.1, 0.15) is 16.8 Å². The number of hydrogen-bond donors (Lipinski definition) is 1. The fourth-order valence-corrected chi connectivity index (χ4v) is 2.68. The van der Waals surface area contributed by atoms with E-state index in [2.05, 4.69) is 11.1 Å². The van der Waals surface area contributed by atoms with Crippen LogP contribution in [0.25, 0.3) is 23.1 Å². The molecule has 3 nitrogen and oxygen atoms in total. The predicted molar refractivity (Wildman–Crippen MR) is 93.5 cm³/mol. The second-order valence-electron chi connectivity index (χ2n) is 4.89. The van der Waals surface area contributed by atoms with Gasteiger partial charge in [0.05, 0.1) is 27.4 Å². The fraction of sp³-hybridized carbons (Fsp3) is 0. The third kappa shape index (κ3) is 3.14. The Labute approximate surface area is 143 Å². The highest BCUT2D eigenvalue weighted by molar-refractivity contribution is 6.39. The molecule has 23 heavy (non-hydrogen) atoms. The molecule has 0 aliphatic heterocycles. The first-order valence-corrected chi connectivity index (χ1v) is 7.50. The maximum absolute atomic E-state index is 10.0. The molecular formula is C18H10Cl2N2O. The van der Waals surface area contributed by atoms with Crippen LogP contribution in [0.2, 0.25) is 10.0 Å². The highest BCUT2D eigenvalue weighted by Gasteiger charge is 2.10. The van der Waals surface area contributed by atoms with Crippen LogP contribution < -0.4 is 0 Å². The Bertz CT molecular complexity index is 957. The Morgan fingerprint density at radius 3 is 2.43 bits per heavy atom. The summed E-state index contributed by atoms with van der Waals surface area (Å²) in [6.07, 6.45) is 3.69. The average molecular weight is 341 g/mol. The summed E-state index contributed by atoms with van der Waals surface area (Å²) in [6.45, 7) is 0. The standard InChI is InChI=1S/C18H10Cl2N2O/c19-15-9-16(20)18(23)17-14(15)8-7-13(22-17)6-5-11-1-3-12(10-21)4-2-11/h1-9,23H. The molecule has 0 amide bonds. The number of fused-ring (bicyclic) bond motifs is 1. The van der Waals surface area contributed by atoms with Gasteiger partial charge in [-0.3, -0.25) is 0 Å². The maximum atomic E-state index is 10.0. The van der Waals surface area contributed by atoms with Crippen LogP contribution in [0.3, 0.4) is 0 Å². The van der Waals surface area contributed by atoms with E-state index in [4.69, 9.17) is 28.5 Å². The molecule has 3 rings (SSSR count). The van der Waals surface area contributed by atoms with E-state index in [-0.39, 0.29) is 10.8 Å². The Kier molecular flexibility index (Phi) is 4.20. The summed E-state index contributed by atoms with van der Waals surface area (Å²) in [6, 6.07) is 14.4. The van der Waals surface area contributed by atoms with Crippen molar-refractivity contribution >= 4 is 46.3 Å². The van der Waals surface area contributed by atoms with Crippen LogP contribution in [-0.4, -0.2) is 10.1 Å². The number of phenols is 1. The number of benzene rings is 2. The number of aromatic nitrogens is 1. The van der Waals surface area contributed by atoms with Crippen molar-refractivity contribution in [1.29, 1.82) is 5.26 Å². The van der Waals surface area contributed by atoms with Crippen molar-refractivity contribution in [2.24, 2.45) is 0 Å². The van der Waals surface area contributed by atoms with Crippen molar-refractivity contribution in [3.63, 3.8) is 0 Å². The van der Waals surface area contributed by atoms with Crippen molar-refractivity contribution in [2.45, 2.75) is 0 Å². The van der Waals surface area contributed by atoms with Gasteiger partial charge >= 0.3 is 0 Å². The fourth-order valence-electron chi connectivity index (χ4n) is 2.16. The minimum Gasteiger partial charge on any atom is -0.504 e. The van der Waals surface area contributed by atoms with Crippen molar-refractivity contribution in [2.75, 3.05) is 0 Å². The molecular weight excluding hydrogens is 331 g/mol. The van der Waals surface area contributed by atoms with Crippen LogP contribution in [0.4, 0.5) is 0 Å². The van der Waals surface area contributed by atoms with Gasteiger partial charge in [-0.15, -0.1) is 0 Å². The molecule has 1 aromatic heterocycles. The number of rotatable bonds is 2. The number of aromatic hydroxyl groups is 1. The topological polar surface area (TPSA) is 56.9 Å². The summed E-state index contributed by atoms with van der Waals surface area (Å²) in [5.74, 6) is -0.0836. The summed E-state index contributed by atoms with van der Waals surface area (Å²) in [7, 11) is 0. The van der Waals surface area contributed by atoms with E-state index in [1.165, 1.54) is 6.07 Å². The predicted octanol–water partition coefficient (Wildman–Crippen LogP) is 5.29. The largest absolute Gasteiger partial charge is 0.504 e. The second kappa shape index (κ2) is 6.29. The van der Waals surface area contributed by atoms with Gasteiger partial charge in [0.1, 0.15) is 5.52 Å². The van der Waals surface area contributed by atoms with Crippen molar-refractivity contribution in [1.82, 2.24) is 4.98 Å². The molecule has 0 saturated heterocycles. The van der Waals surface area contributed by atoms with Crippen LogP contribution in [0.5, 0.6) is 5.75 Å². The molecule has 1 heterocycles. The number of hydrogen-bond acceptors (Lipinski definition) is 3. The van der Waals surface area contributed by atoms with Gasteiger partial charge in [0.15, 0.2) is 5.75 Å². The smallest absolute Gasteiger partial charge is 0.160 e. The first-order valence-electron chi connectivity index (χ1n) is 6.74. The van der Waals surface area contributed by atoms with Crippen molar-refractivity contribution in [3.8, 4) is 11.8 Å². The maximum Gasteiger partial charge on any atom is 0.160 e. The van der Waals surface area contributed by atoms with Gasteiger partial charge in [-0.25, -0.2) is 4.98 Å². The molecule has 0 bridgehead atoms. The molecule has 3 aromatic rings. The molecule has 0 atom stereocenters. The molecule has 2 aromatic carbocycles. The molecule has 0 unspecified atom stereocenters. The third-order valence-corrected chi connectivity index (χ3v) is 3.97. The third-order valence-electron chi connectivity index (χ3n) is 3.36. The normalized spacial score (nSPS) is 11.0. The van der Waals surface area contributed by atoms with Crippen LogP contribution in [0.15, 0.2) is 42.5 Å². The van der Waals surface area contributed by atoms with Crippen molar-refractivity contribution < 1.29 is 5.11 Å². The number of pyridine rings is 1. The number of phenolic OH excluding ortho intramolecular Hbond substituents is 1. The molecule has 0 spiro atoms. The summed E-state index contributed by atoms with van der Waals surface area (Å²) in [5.41, 5.74) is 2.58. The minimum atomic E-state index is -0.0836. The molecule has 0 aliphatic carbocycles. The highest BCUT2D eigenvalue weighted by Crippen LogP contribution is 2.36. The van der Waals surface area contributed by atoms with Gasteiger partial charge in [-0.2, -0.15) is 5.26 Å². The van der Waals surface area contributed by atoms with E-state index in [1.54, 1.807) is 18.2 Å². The van der Waals surface area contributed by atoms with Gasteiger partial charge in [-0.1, -0.05) is 41.4 Å². The zero-order valence-electron chi connectivity index (χ0n) is 11.8. The first kappa shape index (κ1) is 15.4. The molecule has 0 saturated carbocycles. The lowest BCUT2D eigenvalue weighted by atomic mass is 10.1. The van der Waals surface area contributed by atoms with Gasteiger partial charge in [0, 0.05) is 5.39 Å². The summed E-state index contributed by atoms with van der Waals surface area (Å²) in [5, 5.41) is 20.1. The quantitative estimate of drug-likeness (QED) is 0.689. The Morgan fingerprint density at radius 1 is 1.00 bits per heavy atom. The number of halogens is 2. The van der Waals surface area contributed by atoms with E-state index in [0.717, 1.165) is 5.56 Å². The summed E-state index contributed by atoms with van der Waals surface area (Å²) < 4.78 is 0. The summed E-state index contributed by atoms with van der Waals surface area (Å²) in [4.78, 5) is 4.39. The van der Waals surface area contributed by atoms with E-state index in [9.17, 15) is 5.11 Å².